The lowest BCUT2D eigenvalue weighted by Gasteiger charge is -2.27. The van der Waals surface area contributed by atoms with Crippen LogP contribution in [0.3, 0.4) is 0 Å². The third-order valence-corrected chi connectivity index (χ3v) is 3.07. The summed E-state index contributed by atoms with van der Waals surface area (Å²) in [5, 5.41) is 8.93. The van der Waals surface area contributed by atoms with Crippen LogP contribution in [0.4, 0.5) is 0 Å². The van der Waals surface area contributed by atoms with Gasteiger partial charge < -0.3 is 9.84 Å². The lowest BCUT2D eigenvalue weighted by molar-refractivity contribution is -0.131. The van der Waals surface area contributed by atoms with Crippen LogP contribution in [0.25, 0.3) is 0 Å². The number of hydrogen-bond acceptors (Lipinski definition) is 3. The summed E-state index contributed by atoms with van der Waals surface area (Å²) < 4.78 is 5.44. The van der Waals surface area contributed by atoms with Crippen molar-refractivity contribution in [2.75, 3.05) is 20.2 Å². The van der Waals surface area contributed by atoms with Crippen LogP contribution in [0, 0.1) is 12.3 Å². The Morgan fingerprint density at radius 3 is 2.67 bits per heavy atom. The van der Waals surface area contributed by atoms with E-state index in [0.717, 1.165) is 11.6 Å². The molecule has 0 spiro atoms. The average molecular weight is 287 g/mol. The van der Waals surface area contributed by atoms with E-state index in [1.807, 2.05) is 49.2 Å². The third-order valence-electron chi connectivity index (χ3n) is 3.07. The van der Waals surface area contributed by atoms with Crippen LogP contribution in [0.5, 0.6) is 0 Å². The van der Waals surface area contributed by atoms with E-state index >= 15 is 0 Å². The van der Waals surface area contributed by atoms with Gasteiger partial charge in [-0.15, -0.1) is 6.42 Å². The first kappa shape index (κ1) is 16.8. The van der Waals surface area contributed by atoms with Crippen LogP contribution < -0.4 is 0 Å². The molecular formula is C17H21NO3. The van der Waals surface area contributed by atoms with E-state index in [-0.39, 0.29) is 6.04 Å². The Morgan fingerprint density at radius 2 is 2.14 bits per heavy atom. The van der Waals surface area contributed by atoms with Gasteiger partial charge in [-0.25, -0.2) is 4.79 Å². The second-order valence-electron chi connectivity index (χ2n) is 4.63. The monoisotopic (exact) mass is 287 g/mol. The largest absolute Gasteiger partial charge is 0.498 e. The molecule has 1 atom stereocenters. The first-order chi connectivity index (χ1) is 10.1. The van der Waals surface area contributed by atoms with Crippen molar-refractivity contribution in [2.45, 2.75) is 19.4 Å². The van der Waals surface area contributed by atoms with E-state index in [1.54, 1.807) is 0 Å². The molecule has 0 aliphatic heterocycles. The Bertz CT molecular complexity index is 517. The average Bonchev–Trinajstić information content (AvgIpc) is 2.45. The maximum absolute atomic E-state index is 10.9. The number of aliphatic carboxylic acids is 1. The zero-order chi connectivity index (χ0) is 15.7. The van der Waals surface area contributed by atoms with Gasteiger partial charge in [-0.1, -0.05) is 36.3 Å². The first-order valence-corrected chi connectivity index (χ1v) is 6.83. The van der Waals surface area contributed by atoms with E-state index in [1.165, 1.54) is 0 Å². The number of carboxylic acids is 1. The topological polar surface area (TPSA) is 49.8 Å². The number of hydrogen-bond donors (Lipinski definition) is 1. The van der Waals surface area contributed by atoms with Gasteiger partial charge in [0.2, 0.25) is 0 Å². The molecule has 0 saturated heterocycles. The predicted molar refractivity (Wildman–Crippen MR) is 82.6 cm³/mol. The third kappa shape index (κ3) is 5.72. The zero-order valence-electron chi connectivity index (χ0n) is 12.5. The number of carbonyl (C=O) groups is 1. The molecule has 112 valence electrons. The van der Waals surface area contributed by atoms with E-state index in [9.17, 15) is 4.79 Å². The van der Waals surface area contributed by atoms with Crippen LogP contribution >= 0.6 is 0 Å². The minimum Gasteiger partial charge on any atom is -0.498 e. The molecule has 0 amide bonds. The number of ether oxygens (including phenoxy) is 1. The lowest BCUT2D eigenvalue weighted by Crippen LogP contribution is -2.26. The molecule has 4 nitrogen and oxygen atoms in total. The van der Waals surface area contributed by atoms with Crippen molar-refractivity contribution in [3.63, 3.8) is 0 Å². The van der Waals surface area contributed by atoms with Gasteiger partial charge in [0.15, 0.2) is 0 Å². The van der Waals surface area contributed by atoms with Crippen LogP contribution in [0.2, 0.25) is 0 Å². The molecular weight excluding hydrogens is 266 g/mol. The molecule has 0 saturated carbocycles. The van der Waals surface area contributed by atoms with E-state index in [4.69, 9.17) is 16.3 Å². The van der Waals surface area contributed by atoms with Gasteiger partial charge in [0.05, 0.1) is 19.2 Å². The Labute approximate surface area is 126 Å². The highest BCUT2D eigenvalue weighted by Gasteiger charge is 2.19. The lowest BCUT2D eigenvalue weighted by atomic mass is 10.0. The number of rotatable bonds is 8. The summed E-state index contributed by atoms with van der Waals surface area (Å²) in [5.41, 5.74) is 1.08. The van der Waals surface area contributed by atoms with Gasteiger partial charge in [0.25, 0.3) is 0 Å². The number of carboxylic acid groups (broad SMARTS) is 1. The van der Waals surface area contributed by atoms with Crippen molar-refractivity contribution in [1.82, 2.24) is 4.90 Å². The van der Waals surface area contributed by atoms with Crippen molar-refractivity contribution in [3.05, 3.63) is 47.7 Å². The van der Waals surface area contributed by atoms with Crippen LogP contribution in [-0.4, -0.2) is 36.2 Å². The number of nitrogens with zero attached hydrogens (tertiary/aromatic N) is 1. The highest BCUT2D eigenvalue weighted by molar-refractivity contribution is 5.80. The molecule has 1 unspecified atom stereocenters. The molecule has 0 bridgehead atoms. The molecule has 0 heterocycles. The first-order valence-electron chi connectivity index (χ1n) is 6.83. The highest BCUT2D eigenvalue weighted by atomic mass is 16.5. The molecule has 0 aromatic heterocycles. The standard InChI is InChI=1S/C17H21NO3/c1-4-11-18(3)16(14-9-7-6-8-10-14)12-15(21-5-2)13-17(19)20/h1,6-10,13,16H,5,11-12H2,2-3H3,(H,19,20)/b15-13-. The highest BCUT2D eigenvalue weighted by Crippen LogP contribution is 2.26. The summed E-state index contributed by atoms with van der Waals surface area (Å²) in [6, 6.07) is 9.82. The van der Waals surface area contributed by atoms with Gasteiger partial charge in [0, 0.05) is 12.5 Å². The predicted octanol–water partition coefficient (Wildman–Crippen LogP) is 2.69. The van der Waals surface area contributed by atoms with Gasteiger partial charge in [-0.05, 0) is 19.5 Å². The summed E-state index contributed by atoms with van der Waals surface area (Å²) in [5.74, 6) is 2.05. The Morgan fingerprint density at radius 1 is 1.48 bits per heavy atom. The molecule has 0 aliphatic carbocycles. The molecule has 1 aromatic rings. The fourth-order valence-corrected chi connectivity index (χ4v) is 2.13. The number of terminal acetylenes is 1. The van der Waals surface area contributed by atoms with Crippen LogP contribution in [-0.2, 0) is 9.53 Å². The smallest absolute Gasteiger partial charge is 0.331 e. The number of benzene rings is 1. The van der Waals surface area contributed by atoms with Crippen molar-refractivity contribution in [2.24, 2.45) is 0 Å². The maximum Gasteiger partial charge on any atom is 0.331 e. The summed E-state index contributed by atoms with van der Waals surface area (Å²) in [4.78, 5) is 12.9. The normalized spacial score (nSPS) is 12.8. The second-order valence-corrected chi connectivity index (χ2v) is 4.63. The zero-order valence-corrected chi connectivity index (χ0v) is 12.5. The fourth-order valence-electron chi connectivity index (χ4n) is 2.13. The minimum atomic E-state index is -1.01. The molecule has 0 aliphatic rings. The van der Waals surface area contributed by atoms with Crippen molar-refractivity contribution in [1.29, 1.82) is 0 Å². The van der Waals surface area contributed by atoms with E-state index in [2.05, 4.69) is 5.92 Å². The molecule has 1 rings (SSSR count). The van der Waals surface area contributed by atoms with Gasteiger partial charge >= 0.3 is 5.97 Å². The van der Waals surface area contributed by atoms with Crippen molar-refractivity contribution in [3.8, 4) is 12.3 Å². The van der Waals surface area contributed by atoms with E-state index in [0.29, 0.717) is 25.3 Å². The summed E-state index contributed by atoms with van der Waals surface area (Å²) >= 11 is 0. The molecule has 1 aromatic carbocycles. The summed E-state index contributed by atoms with van der Waals surface area (Å²) in [7, 11) is 1.92. The summed E-state index contributed by atoms with van der Waals surface area (Å²) in [6.07, 6.45) is 6.96. The fraction of sp³-hybridized carbons (Fsp3) is 0.353. The van der Waals surface area contributed by atoms with Gasteiger partial charge in [-0.3, -0.25) is 4.90 Å². The molecule has 0 radical (unpaired) electrons. The van der Waals surface area contributed by atoms with Crippen LogP contribution in [0.1, 0.15) is 24.9 Å². The maximum atomic E-state index is 10.9. The Hall–Kier alpha value is -2.25. The van der Waals surface area contributed by atoms with Gasteiger partial charge in [0.1, 0.15) is 5.76 Å². The Balaban J connectivity index is 3.01. The quantitative estimate of drug-likeness (QED) is 0.454. The summed E-state index contributed by atoms with van der Waals surface area (Å²) in [6.45, 7) is 2.74. The van der Waals surface area contributed by atoms with Crippen LogP contribution in [0.15, 0.2) is 42.2 Å². The minimum absolute atomic E-state index is 0.0283. The molecule has 1 N–H and O–H groups in total. The van der Waals surface area contributed by atoms with Crippen molar-refractivity contribution < 1.29 is 14.6 Å². The Kier molecular flexibility index (Phi) is 7.06. The van der Waals surface area contributed by atoms with E-state index < -0.39 is 5.97 Å². The molecule has 0 fully saturated rings. The van der Waals surface area contributed by atoms with Crippen molar-refractivity contribution >= 4 is 5.97 Å². The second kappa shape index (κ2) is 8.83. The molecule has 21 heavy (non-hydrogen) atoms. The SMILES string of the molecule is C#CCN(C)C(C/C(=C/C(=O)O)OCC)c1ccccc1. The van der Waals surface area contributed by atoms with Gasteiger partial charge in [-0.2, -0.15) is 0 Å². The molecule has 4 heteroatoms.